The highest BCUT2D eigenvalue weighted by atomic mass is 16.5. The maximum atomic E-state index is 5.90. The average Bonchev–Trinajstić information content (AvgIpc) is 2.58. The van der Waals surface area contributed by atoms with Crippen LogP contribution in [-0.4, -0.2) is 17.7 Å². The summed E-state index contributed by atoms with van der Waals surface area (Å²) in [7, 11) is 0. The smallest absolute Gasteiger partial charge is 0.154 e. The Labute approximate surface area is 76.5 Å². The van der Waals surface area contributed by atoms with E-state index in [1.54, 1.807) is 0 Å². The molecule has 2 heterocycles. The number of piperidine rings is 1. The zero-order valence-corrected chi connectivity index (χ0v) is 7.53. The molecule has 1 aliphatic heterocycles. The lowest BCUT2D eigenvalue weighted by atomic mass is 10.1. The van der Waals surface area contributed by atoms with E-state index in [4.69, 9.17) is 10.3 Å². The molecule has 2 aliphatic rings. The van der Waals surface area contributed by atoms with Crippen molar-refractivity contribution < 1.29 is 4.52 Å². The summed E-state index contributed by atoms with van der Waals surface area (Å²) in [6.07, 6.45) is 0. The number of nitrogens with zero attached hydrogens (tertiary/aromatic N) is 1. The van der Waals surface area contributed by atoms with E-state index in [2.05, 4.69) is 10.5 Å². The third-order valence-electron chi connectivity index (χ3n) is 3.20. The van der Waals surface area contributed by atoms with Crippen LogP contribution in [0.2, 0.25) is 0 Å². The van der Waals surface area contributed by atoms with Gasteiger partial charge in [0.15, 0.2) is 5.76 Å². The van der Waals surface area contributed by atoms with Gasteiger partial charge in [-0.3, -0.25) is 0 Å². The molecule has 4 heteroatoms. The van der Waals surface area contributed by atoms with Gasteiger partial charge in [0, 0.05) is 24.6 Å². The van der Waals surface area contributed by atoms with Crippen molar-refractivity contribution in [2.24, 2.45) is 17.6 Å². The number of aromatic nitrogens is 1. The first-order valence-electron chi connectivity index (χ1n) is 4.69. The van der Waals surface area contributed by atoms with Crippen molar-refractivity contribution in [2.45, 2.75) is 19.0 Å². The predicted molar refractivity (Wildman–Crippen MR) is 46.9 cm³/mol. The van der Waals surface area contributed by atoms with E-state index in [-0.39, 0.29) is 0 Å². The van der Waals surface area contributed by atoms with Gasteiger partial charge < -0.3 is 15.6 Å². The first-order valence-corrected chi connectivity index (χ1v) is 4.69. The fourth-order valence-electron chi connectivity index (χ4n) is 2.39. The Morgan fingerprint density at radius 2 is 2.54 bits per heavy atom. The molecule has 70 valence electrons. The Bertz CT molecular complexity index is 335. The quantitative estimate of drug-likeness (QED) is 0.646. The molecule has 0 radical (unpaired) electrons. The van der Waals surface area contributed by atoms with Crippen molar-refractivity contribution in [3.63, 3.8) is 0 Å². The molecule has 0 spiro atoms. The van der Waals surface area contributed by atoms with E-state index in [0.717, 1.165) is 18.0 Å². The first kappa shape index (κ1) is 7.53. The number of hydrogen-bond donors (Lipinski definition) is 2. The van der Waals surface area contributed by atoms with Crippen molar-refractivity contribution >= 4 is 0 Å². The first-order chi connectivity index (χ1) is 6.27. The molecule has 1 saturated carbocycles. The predicted octanol–water partition coefficient (Wildman–Crippen LogP) is 0.201. The molecule has 3 rings (SSSR count). The zero-order valence-electron chi connectivity index (χ0n) is 7.53. The van der Waals surface area contributed by atoms with Crippen LogP contribution >= 0.6 is 0 Å². The highest BCUT2D eigenvalue weighted by Gasteiger charge is 2.57. The summed E-state index contributed by atoms with van der Waals surface area (Å²) in [4.78, 5) is 0. The normalized spacial score (nSPS) is 42.0. The molecule has 1 aromatic heterocycles. The van der Waals surface area contributed by atoms with Gasteiger partial charge in [0.05, 0.1) is 11.7 Å². The largest absolute Gasteiger partial charge is 0.359 e. The van der Waals surface area contributed by atoms with E-state index >= 15 is 0 Å². The minimum Gasteiger partial charge on any atom is -0.359 e. The van der Waals surface area contributed by atoms with Gasteiger partial charge in [-0.1, -0.05) is 5.16 Å². The SMILES string of the molecule is Cc1cc(C2NCC3C(N)C23)on1. The van der Waals surface area contributed by atoms with E-state index < -0.39 is 0 Å². The molecule has 0 amide bonds. The average molecular weight is 179 g/mol. The highest BCUT2D eigenvalue weighted by Crippen LogP contribution is 2.50. The molecule has 4 unspecified atom stereocenters. The number of nitrogens with two attached hydrogens (primary N) is 1. The maximum Gasteiger partial charge on any atom is 0.154 e. The van der Waals surface area contributed by atoms with Gasteiger partial charge in [0.25, 0.3) is 0 Å². The lowest BCUT2D eigenvalue weighted by Crippen LogP contribution is -2.25. The van der Waals surface area contributed by atoms with Crippen LogP contribution in [0.3, 0.4) is 0 Å². The summed E-state index contributed by atoms with van der Waals surface area (Å²) in [6.45, 7) is 2.96. The van der Waals surface area contributed by atoms with E-state index in [1.807, 2.05) is 13.0 Å². The molecule has 1 aliphatic carbocycles. The lowest BCUT2D eigenvalue weighted by Gasteiger charge is -2.09. The highest BCUT2D eigenvalue weighted by molar-refractivity contribution is 5.21. The van der Waals surface area contributed by atoms with E-state index in [1.165, 1.54) is 0 Å². The van der Waals surface area contributed by atoms with Gasteiger partial charge in [0.1, 0.15) is 0 Å². The third kappa shape index (κ3) is 0.957. The van der Waals surface area contributed by atoms with Crippen molar-refractivity contribution in [1.29, 1.82) is 0 Å². The second kappa shape index (κ2) is 2.33. The summed E-state index contributed by atoms with van der Waals surface area (Å²) >= 11 is 0. The van der Waals surface area contributed by atoms with Crippen LogP contribution in [0.5, 0.6) is 0 Å². The molecule has 1 saturated heterocycles. The number of nitrogens with one attached hydrogen (secondary N) is 1. The Hall–Kier alpha value is -0.870. The molecule has 13 heavy (non-hydrogen) atoms. The van der Waals surface area contributed by atoms with Gasteiger partial charge in [-0.25, -0.2) is 0 Å². The van der Waals surface area contributed by atoms with Crippen molar-refractivity contribution in [1.82, 2.24) is 10.5 Å². The molecular weight excluding hydrogens is 166 g/mol. The Morgan fingerprint density at radius 1 is 1.69 bits per heavy atom. The molecular formula is C9H13N3O. The number of fused-ring (bicyclic) bond motifs is 1. The van der Waals surface area contributed by atoms with Crippen LogP contribution in [0.4, 0.5) is 0 Å². The van der Waals surface area contributed by atoms with Crippen molar-refractivity contribution in [3.05, 3.63) is 17.5 Å². The minimum absolute atomic E-state index is 0.307. The van der Waals surface area contributed by atoms with Crippen molar-refractivity contribution in [3.8, 4) is 0 Å². The van der Waals surface area contributed by atoms with Crippen LogP contribution in [0.25, 0.3) is 0 Å². The van der Waals surface area contributed by atoms with Crippen LogP contribution in [-0.2, 0) is 0 Å². The summed E-state index contributed by atoms with van der Waals surface area (Å²) in [5.41, 5.74) is 6.84. The molecule has 4 atom stereocenters. The Balaban J connectivity index is 1.86. The molecule has 0 bridgehead atoms. The van der Waals surface area contributed by atoms with Gasteiger partial charge in [-0.2, -0.15) is 0 Å². The topological polar surface area (TPSA) is 64.1 Å². The lowest BCUT2D eigenvalue weighted by molar-refractivity contribution is 0.333. The summed E-state index contributed by atoms with van der Waals surface area (Å²) in [5.74, 6) is 2.18. The van der Waals surface area contributed by atoms with E-state index in [0.29, 0.717) is 23.9 Å². The standard InChI is InChI=1S/C9H13N3O/c1-4-2-6(13-12-4)9-7-5(3-11-9)8(7)10/h2,5,7-9,11H,3,10H2,1H3. The molecule has 1 aromatic rings. The Kier molecular flexibility index (Phi) is 1.35. The van der Waals surface area contributed by atoms with Crippen LogP contribution in [0, 0.1) is 18.8 Å². The molecule has 4 nitrogen and oxygen atoms in total. The van der Waals surface area contributed by atoms with Gasteiger partial charge in [-0.15, -0.1) is 0 Å². The van der Waals surface area contributed by atoms with Crippen molar-refractivity contribution in [2.75, 3.05) is 6.54 Å². The number of hydrogen-bond acceptors (Lipinski definition) is 4. The van der Waals surface area contributed by atoms with Gasteiger partial charge in [0.2, 0.25) is 0 Å². The summed E-state index contributed by atoms with van der Waals surface area (Å²) in [5, 5.41) is 7.29. The number of rotatable bonds is 1. The maximum absolute atomic E-state index is 5.90. The molecule has 2 fully saturated rings. The molecule has 3 N–H and O–H groups in total. The third-order valence-corrected chi connectivity index (χ3v) is 3.20. The van der Waals surface area contributed by atoms with Crippen LogP contribution in [0.15, 0.2) is 10.6 Å². The second-order valence-corrected chi connectivity index (χ2v) is 4.08. The zero-order chi connectivity index (χ0) is 9.00. The van der Waals surface area contributed by atoms with Gasteiger partial charge in [-0.05, 0) is 12.8 Å². The Morgan fingerprint density at radius 3 is 3.08 bits per heavy atom. The van der Waals surface area contributed by atoms with E-state index in [9.17, 15) is 0 Å². The monoisotopic (exact) mass is 179 g/mol. The fraction of sp³-hybridized carbons (Fsp3) is 0.667. The van der Waals surface area contributed by atoms with Gasteiger partial charge >= 0.3 is 0 Å². The number of aryl methyl sites for hydroxylation is 1. The summed E-state index contributed by atoms with van der Waals surface area (Å²) in [6, 6.07) is 2.67. The minimum atomic E-state index is 0.307. The van der Waals surface area contributed by atoms with Crippen LogP contribution in [0.1, 0.15) is 17.5 Å². The molecule has 0 aromatic carbocycles. The van der Waals surface area contributed by atoms with Crippen LogP contribution < -0.4 is 11.1 Å². The summed E-state index contributed by atoms with van der Waals surface area (Å²) < 4.78 is 5.23. The second-order valence-electron chi connectivity index (χ2n) is 4.08. The fourth-order valence-corrected chi connectivity index (χ4v) is 2.39.